The van der Waals surface area contributed by atoms with Crippen molar-refractivity contribution < 1.29 is 9.13 Å². The number of ether oxygens (including phenoxy) is 1. The second-order valence-electron chi connectivity index (χ2n) is 6.48. The van der Waals surface area contributed by atoms with E-state index in [1.165, 1.54) is 12.1 Å². The summed E-state index contributed by atoms with van der Waals surface area (Å²) in [5, 5.41) is 8.56. The molecule has 148 valence electrons. The average Bonchev–Trinajstić information content (AvgIpc) is 3.11. The van der Waals surface area contributed by atoms with Gasteiger partial charge in [-0.15, -0.1) is 0 Å². The maximum Gasteiger partial charge on any atom is 0.166 e. The van der Waals surface area contributed by atoms with Gasteiger partial charge in [-0.2, -0.15) is 5.10 Å². The maximum atomic E-state index is 13.4. The van der Waals surface area contributed by atoms with Crippen LogP contribution in [0.4, 0.5) is 10.2 Å². The fraction of sp³-hybridized carbons (Fsp3) is 0.182. The van der Waals surface area contributed by atoms with E-state index in [4.69, 9.17) is 26.4 Å². The Morgan fingerprint density at radius 3 is 2.41 bits per heavy atom. The minimum absolute atomic E-state index is 0.285. The van der Waals surface area contributed by atoms with Crippen molar-refractivity contribution in [1.82, 2.24) is 14.6 Å². The molecule has 0 fully saturated rings. The van der Waals surface area contributed by atoms with Crippen LogP contribution in [-0.4, -0.2) is 28.3 Å². The van der Waals surface area contributed by atoms with Crippen molar-refractivity contribution in [3.63, 3.8) is 0 Å². The van der Waals surface area contributed by atoms with Crippen molar-refractivity contribution in [3.8, 4) is 22.4 Å². The summed E-state index contributed by atoms with van der Waals surface area (Å²) < 4.78 is 20.9. The Bertz CT molecular complexity index is 1140. The average molecular weight is 411 g/mol. The van der Waals surface area contributed by atoms with Crippen LogP contribution in [0.25, 0.3) is 28.0 Å². The highest BCUT2D eigenvalue weighted by Crippen LogP contribution is 2.33. The van der Waals surface area contributed by atoms with E-state index in [1.807, 2.05) is 44.3 Å². The molecule has 29 heavy (non-hydrogen) atoms. The molecule has 1 N–H and O–H groups in total. The van der Waals surface area contributed by atoms with Crippen LogP contribution < -0.4 is 5.32 Å². The number of aromatic nitrogens is 3. The molecule has 4 rings (SSSR count). The number of nitrogens with one attached hydrogen (secondary N) is 1. The molecule has 0 radical (unpaired) electrons. The lowest BCUT2D eigenvalue weighted by atomic mass is 10.1. The molecule has 0 saturated carbocycles. The highest BCUT2D eigenvalue weighted by atomic mass is 35.5. The third-order valence-electron chi connectivity index (χ3n) is 4.63. The molecule has 5 nitrogen and oxygen atoms in total. The smallest absolute Gasteiger partial charge is 0.166 e. The summed E-state index contributed by atoms with van der Waals surface area (Å²) in [5.41, 5.74) is 4.94. The summed E-state index contributed by atoms with van der Waals surface area (Å²) >= 11 is 6.08. The highest BCUT2D eigenvalue weighted by Gasteiger charge is 2.20. The molecule has 0 bridgehead atoms. The van der Waals surface area contributed by atoms with Crippen molar-refractivity contribution in [3.05, 3.63) is 71.1 Å². The van der Waals surface area contributed by atoms with Gasteiger partial charge < -0.3 is 10.1 Å². The fourth-order valence-electron chi connectivity index (χ4n) is 3.23. The molecule has 0 aliphatic carbocycles. The van der Waals surface area contributed by atoms with Crippen LogP contribution in [0, 0.1) is 5.82 Å². The zero-order chi connectivity index (χ0) is 20.4. The Kier molecular flexibility index (Phi) is 5.47. The summed E-state index contributed by atoms with van der Waals surface area (Å²) in [6.07, 6.45) is 0. The van der Waals surface area contributed by atoms with E-state index in [2.05, 4.69) is 5.32 Å². The lowest BCUT2D eigenvalue weighted by molar-refractivity contribution is 0.131. The zero-order valence-corrected chi connectivity index (χ0v) is 16.9. The van der Waals surface area contributed by atoms with Gasteiger partial charge in [-0.05, 0) is 48.9 Å². The van der Waals surface area contributed by atoms with Gasteiger partial charge in [0.05, 0.1) is 23.6 Å². The van der Waals surface area contributed by atoms with Crippen molar-refractivity contribution in [2.75, 3.05) is 19.0 Å². The Hall–Kier alpha value is -2.96. The van der Waals surface area contributed by atoms with E-state index in [1.54, 1.807) is 16.6 Å². The summed E-state index contributed by atoms with van der Waals surface area (Å²) in [7, 11) is 1.81. The second kappa shape index (κ2) is 8.19. The molecule has 0 unspecified atom stereocenters. The van der Waals surface area contributed by atoms with Gasteiger partial charge in [0.25, 0.3) is 0 Å². The second-order valence-corrected chi connectivity index (χ2v) is 6.92. The molecule has 0 spiro atoms. The normalized spacial score (nSPS) is 11.2. The van der Waals surface area contributed by atoms with Crippen LogP contribution in [0.3, 0.4) is 0 Å². The summed E-state index contributed by atoms with van der Waals surface area (Å²) in [6, 6.07) is 15.8. The summed E-state index contributed by atoms with van der Waals surface area (Å²) in [5.74, 6) is 0.405. The van der Waals surface area contributed by atoms with Crippen LogP contribution in [0.1, 0.15) is 12.6 Å². The Balaban J connectivity index is 2.00. The first-order chi connectivity index (χ1) is 14.1. The molecule has 2 aromatic heterocycles. The van der Waals surface area contributed by atoms with Gasteiger partial charge in [0, 0.05) is 30.3 Å². The molecule has 0 aliphatic rings. The Morgan fingerprint density at radius 2 is 1.76 bits per heavy atom. The van der Waals surface area contributed by atoms with Gasteiger partial charge >= 0.3 is 0 Å². The molecule has 4 aromatic rings. The van der Waals surface area contributed by atoms with Crippen LogP contribution in [-0.2, 0) is 11.3 Å². The van der Waals surface area contributed by atoms with Gasteiger partial charge in [-0.25, -0.2) is 13.9 Å². The van der Waals surface area contributed by atoms with E-state index in [0.717, 1.165) is 28.1 Å². The lowest BCUT2D eigenvalue weighted by Gasteiger charge is -2.09. The zero-order valence-electron chi connectivity index (χ0n) is 16.1. The van der Waals surface area contributed by atoms with Crippen LogP contribution in [0.2, 0.25) is 5.02 Å². The number of nitrogens with zero attached hydrogens (tertiary/aromatic N) is 3. The fourth-order valence-corrected chi connectivity index (χ4v) is 3.35. The molecular formula is C22H20ClFN4O. The molecule has 0 amide bonds. The monoisotopic (exact) mass is 410 g/mol. The van der Waals surface area contributed by atoms with Gasteiger partial charge in [0.15, 0.2) is 5.65 Å². The Labute approximate surface area is 173 Å². The minimum Gasteiger partial charge on any atom is -0.375 e. The molecule has 7 heteroatoms. The predicted molar refractivity (Wildman–Crippen MR) is 114 cm³/mol. The number of benzene rings is 2. The van der Waals surface area contributed by atoms with E-state index in [9.17, 15) is 4.39 Å². The standard InChI is InChI=1S/C22H20ClFN4O/c1-3-29-13-18-21(15-4-8-16(23)9-5-15)22-26-20(25-2)12-19(28(22)27-18)14-6-10-17(24)11-7-14/h4-12H,3,13H2,1-2H3,(H,25,26). The SMILES string of the molecule is CCOCc1nn2c(-c3ccc(F)cc3)cc(NC)nc2c1-c1ccc(Cl)cc1. The summed E-state index contributed by atoms with van der Waals surface area (Å²) in [6.45, 7) is 2.88. The van der Waals surface area contributed by atoms with Crippen LogP contribution in [0.5, 0.6) is 0 Å². The third kappa shape index (κ3) is 3.81. The quantitative estimate of drug-likeness (QED) is 0.460. The molecule has 0 atom stereocenters. The molecule has 0 saturated heterocycles. The van der Waals surface area contributed by atoms with Crippen molar-refractivity contribution in [1.29, 1.82) is 0 Å². The number of anilines is 1. The first kappa shape index (κ1) is 19.4. The third-order valence-corrected chi connectivity index (χ3v) is 4.89. The van der Waals surface area contributed by atoms with Crippen LogP contribution in [0.15, 0.2) is 54.6 Å². The van der Waals surface area contributed by atoms with Crippen LogP contribution >= 0.6 is 11.6 Å². The molecular weight excluding hydrogens is 391 g/mol. The van der Waals surface area contributed by atoms with Crippen molar-refractivity contribution in [2.45, 2.75) is 13.5 Å². The van der Waals surface area contributed by atoms with E-state index >= 15 is 0 Å². The predicted octanol–water partition coefficient (Wildman–Crippen LogP) is 5.43. The van der Waals surface area contributed by atoms with Gasteiger partial charge in [0.2, 0.25) is 0 Å². The van der Waals surface area contributed by atoms with E-state index in [-0.39, 0.29) is 5.82 Å². The van der Waals surface area contributed by atoms with Crippen molar-refractivity contribution >= 4 is 23.1 Å². The van der Waals surface area contributed by atoms with Gasteiger partial charge in [0.1, 0.15) is 11.6 Å². The number of fused-ring (bicyclic) bond motifs is 1. The molecule has 0 aliphatic heterocycles. The lowest BCUT2D eigenvalue weighted by Crippen LogP contribution is -2.01. The number of hydrogen-bond donors (Lipinski definition) is 1. The van der Waals surface area contributed by atoms with E-state index < -0.39 is 0 Å². The maximum absolute atomic E-state index is 13.4. The summed E-state index contributed by atoms with van der Waals surface area (Å²) in [4.78, 5) is 4.75. The first-order valence-corrected chi connectivity index (χ1v) is 9.68. The number of hydrogen-bond acceptors (Lipinski definition) is 4. The highest BCUT2D eigenvalue weighted by molar-refractivity contribution is 6.30. The van der Waals surface area contributed by atoms with Gasteiger partial charge in [-0.1, -0.05) is 23.7 Å². The molecule has 2 aromatic carbocycles. The number of halogens is 2. The Morgan fingerprint density at radius 1 is 1.07 bits per heavy atom. The first-order valence-electron chi connectivity index (χ1n) is 9.30. The largest absolute Gasteiger partial charge is 0.375 e. The van der Waals surface area contributed by atoms with E-state index in [0.29, 0.717) is 29.7 Å². The topological polar surface area (TPSA) is 51.5 Å². The van der Waals surface area contributed by atoms with Gasteiger partial charge in [-0.3, -0.25) is 0 Å². The molecule has 2 heterocycles. The van der Waals surface area contributed by atoms with Crippen molar-refractivity contribution in [2.24, 2.45) is 0 Å². The number of rotatable bonds is 6. The minimum atomic E-state index is -0.285.